The molecule has 0 amide bonds. The minimum absolute atomic E-state index is 0.495. The number of anilines is 1. The topological polar surface area (TPSA) is 55.0 Å². The van der Waals surface area contributed by atoms with Gasteiger partial charge >= 0.3 is 0 Å². The average Bonchev–Trinajstić information content (AvgIpc) is 2.58. The van der Waals surface area contributed by atoms with Gasteiger partial charge in [-0.2, -0.15) is 0 Å². The summed E-state index contributed by atoms with van der Waals surface area (Å²) in [5, 5.41) is 0. The fourth-order valence-corrected chi connectivity index (χ4v) is 2.43. The number of rotatable bonds is 2. The van der Waals surface area contributed by atoms with Gasteiger partial charge in [-0.05, 0) is 45.7 Å². The molecule has 1 aliphatic rings. The van der Waals surface area contributed by atoms with Gasteiger partial charge in [0, 0.05) is 24.0 Å². The molecule has 0 saturated carbocycles. The van der Waals surface area contributed by atoms with Crippen LogP contribution in [0.15, 0.2) is 6.07 Å². The Hall–Kier alpha value is -1.16. The van der Waals surface area contributed by atoms with Gasteiger partial charge in [0.05, 0.1) is 0 Å². The highest BCUT2D eigenvalue weighted by molar-refractivity contribution is 5.35. The first-order chi connectivity index (χ1) is 7.60. The summed E-state index contributed by atoms with van der Waals surface area (Å²) in [6, 6.07) is 2.50. The summed E-state index contributed by atoms with van der Waals surface area (Å²) in [7, 11) is 0. The molecule has 4 nitrogen and oxygen atoms in total. The summed E-state index contributed by atoms with van der Waals surface area (Å²) in [5.41, 5.74) is 7.80. The molecule has 2 N–H and O–H groups in total. The van der Waals surface area contributed by atoms with Gasteiger partial charge in [-0.15, -0.1) is 0 Å². The van der Waals surface area contributed by atoms with Gasteiger partial charge in [0.15, 0.2) is 0 Å². The van der Waals surface area contributed by atoms with Crippen molar-refractivity contribution in [3.8, 4) is 0 Å². The van der Waals surface area contributed by atoms with Crippen molar-refractivity contribution < 1.29 is 0 Å². The standard InChI is InChI=1S/C12H20N4/c1-8-4-9(2)15-12(14-8)16-7-11(6-13)5-10(16)3/h4,10-11H,5-7,13H2,1-3H3. The normalized spacial score (nSPS) is 25.1. The maximum Gasteiger partial charge on any atom is 0.226 e. The lowest BCUT2D eigenvalue weighted by molar-refractivity contribution is 0.579. The molecule has 1 aromatic rings. The summed E-state index contributed by atoms with van der Waals surface area (Å²) >= 11 is 0. The minimum Gasteiger partial charge on any atom is -0.338 e. The van der Waals surface area contributed by atoms with Gasteiger partial charge in [-0.3, -0.25) is 0 Å². The number of hydrogen-bond acceptors (Lipinski definition) is 4. The molecule has 0 aromatic carbocycles. The minimum atomic E-state index is 0.495. The quantitative estimate of drug-likeness (QED) is 0.815. The molecule has 2 unspecified atom stereocenters. The average molecular weight is 220 g/mol. The largest absolute Gasteiger partial charge is 0.338 e. The van der Waals surface area contributed by atoms with Crippen LogP contribution in [0.2, 0.25) is 0 Å². The van der Waals surface area contributed by atoms with Crippen molar-refractivity contribution in [2.24, 2.45) is 11.7 Å². The van der Waals surface area contributed by atoms with Crippen LogP contribution in [0.1, 0.15) is 24.7 Å². The molecule has 16 heavy (non-hydrogen) atoms. The number of nitrogens with two attached hydrogens (primary N) is 1. The molecule has 1 aliphatic heterocycles. The highest BCUT2D eigenvalue weighted by Crippen LogP contribution is 2.26. The van der Waals surface area contributed by atoms with E-state index in [9.17, 15) is 0 Å². The molecule has 0 spiro atoms. The highest BCUT2D eigenvalue weighted by Gasteiger charge is 2.29. The van der Waals surface area contributed by atoms with E-state index in [1.54, 1.807) is 0 Å². The fraction of sp³-hybridized carbons (Fsp3) is 0.667. The zero-order chi connectivity index (χ0) is 11.7. The molecule has 2 rings (SSSR count). The van der Waals surface area contributed by atoms with E-state index >= 15 is 0 Å². The van der Waals surface area contributed by atoms with Gasteiger partial charge in [-0.25, -0.2) is 9.97 Å². The lowest BCUT2D eigenvalue weighted by Gasteiger charge is -2.21. The zero-order valence-corrected chi connectivity index (χ0v) is 10.3. The maximum absolute atomic E-state index is 5.73. The zero-order valence-electron chi connectivity index (χ0n) is 10.3. The molecule has 0 aliphatic carbocycles. The van der Waals surface area contributed by atoms with Gasteiger partial charge in [0.2, 0.25) is 5.95 Å². The van der Waals surface area contributed by atoms with E-state index in [0.717, 1.165) is 36.8 Å². The van der Waals surface area contributed by atoms with Crippen LogP contribution in [-0.4, -0.2) is 29.1 Å². The maximum atomic E-state index is 5.73. The number of aromatic nitrogens is 2. The van der Waals surface area contributed by atoms with Crippen LogP contribution >= 0.6 is 0 Å². The Balaban J connectivity index is 2.24. The molecule has 2 heterocycles. The Labute approximate surface area is 96.9 Å². The number of nitrogens with zero attached hydrogens (tertiary/aromatic N) is 3. The molecule has 1 fully saturated rings. The number of aryl methyl sites for hydroxylation is 2. The molecule has 2 atom stereocenters. The van der Waals surface area contributed by atoms with Crippen molar-refractivity contribution in [1.29, 1.82) is 0 Å². The molecular formula is C12H20N4. The molecular weight excluding hydrogens is 200 g/mol. The third-order valence-corrected chi connectivity index (χ3v) is 3.22. The molecule has 1 aromatic heterocycles. The number of hydrogen-bond donors (Lipinski definition) is 1. The first-order valence-corrected chi connectivity index (χ1v) is 5.89. The van der Waals surface area contributed by atoms with E-state index in [1.165, 1.54) is 0 Å². The molecule has 0 radical (unpaired) electrons. The van der Waals surface area contributed by atoms with Crippen molar-refractivity contribution in [1.82, 2.24) is 9.97 Å². The Morgan fingerprint density at radius 3 is 2.50 bits per heavy atom. The first-order valence-electron chi connectivity index (χ1n) is 5.89. The first kappa shape index (κ1) is 11.3. The van der Waals surface area contributed by atoms with Crippen molar-refractivity contribution in [2.45, 2.75) is 33.2 Å². The molecule has 88 valence electrons. The van der Waals surface area contributed by atoms with Crippen molar-refractivity contribution in [2.75, 3.05) is 18.0 Å². The van der Waals surface area contributed by atoms with E-state index in [2.05, 4.69) is 21.8 Å². The lowest BCUT2D eigenvalue weighted by atomic mass is 10.1. The van der Waals surface area contributed by atoms with Gasteiger partial charge in [-0.1, -0.05) is 0 Å². The highest BCUT2D eigenvalue weighted by atomic mass is 15.3. The lowest BCUT2D eigenvalue weighted by Crippen LogP contribution is -2.29. The van der Waals surface area contributed by atoms with Crippen LogP contribution in [-0.2, 0) is 0 Å². The van der Waals surface area contributed by atoms with Crippen LogP contribution in [0.3, 0.4) is 0 Å². The third-order valence-electron chi connectivity index (χ3n) is 3.22. The molecule has 1 saturated heterocycles. The predicted molar refractivity (Wildman–Crippen MR) is 65.5 cm³/mol. The van der Waals surface area contributed by atoms with E-state index in [-0.39, 0.29) is 0 Å². The summed E-state index contributed by atoms with van der Waals surface area (Å²) in [5.74, 6) is 1.44. The van der Waals surface area contributed by atoms with Crippen LogP contribution in [0.5, 0.6) is 0 Å². The van der Waals surface area contributed by atoms with Crippen molar-refractivity contribution >= 4 is 5.95 Å². The Kier molecular flexibility index (Phi) is 3.10. The monoisotopic (exact) mass is 220 g/mol. The second-order valence-corrected chi connectivity index (χ2v) is 4.79. The van der Waals surface area contributed by atoms with E-state index in [0.29, 0.717) is 12.0 Å². The van der Waals surface area contributed by atoms with E-state index < -0.39 is 0 Å². The SMILES string of the molecule is Cc1cc(C)nc(N2CC(CN)CC2C)n1. The van der Waals surface area contributed by atoms with Crippen molar-refractivity contribution in [3.63, 3.8) is 0 Å². The summed E-state index contributed by atoms with van der Waals surface area (Å²) in [4.78, 5) is 11.3. The second kappa shape index (κ2) is 4.37. The summed E-state index contributed by atoms with van der Waals surface area (Å²) < 4.78 is 0. The van der Waals surface area contributed by atoms with Gasteiger partial charge < -0.3 is 10.6 Å². The van der Waals surface area contributed by atoms with E-state index in [1.807, 2.05) is 19.9 Å². The van der Waals surface area contributed by atoms with Crippen LogP contribution in [0.25, 0.3) is 0 Å². The predicted octanol–water partition coefficient (Wildman–Crippen LogP) is 1.27. The third kappa shape index (κ3) is 2.16. The van der Waals surface area contributed by atoms with Crippen LogP contribution in [0, 0.1) is 19.8 Å². The van der Waals surface area contributed by atoms with Gasteiger partial charge in [0.25, 0.3) is 0 Å². The summed E-state index contributed by atoms with van der Waals surface area (Å²) in [6.45, 7) is 7.99. The Morgan fingerprint density at radius 2 is 2.00 bits per heavy atom. The van der Waals surface area contributed by atoms with Gasteiger partial charge in [0.1, 0.15) is 0 Å². The Morgan fingerprint density at radius 1 is 1.38 bits per heavy atom. The van der Waals surface area contributed by atoms with Crippen LogP contribution < -0.4 is 10.6 Å². The summed E-state index contributed by atoms with van der Waals surface area (Å²) in [6.07, 6.45) is 1.15. The molecule has 0 bridgehead atoms. The smallest absolute Gasteiger partial charge is 0.226 e. The molecule has 4 heteroatoms. The van der Waals surface area contributed by atoms with E-state index in [4.69, 9.17) is 5.73 Å². The second-order valence-electron chi connectivity index (χ2n) is 4.79. The Bertz CT molecular complexity index is 357. The van der Waals surface area contributed by atoms with Crippen LogP contribution in [0.4, 0.5) is 5.95 Å². The van der Waals surface area contributed by atoms with Crippen molar-refractivity contribution in [3.05, 3.63) is 17.5 Å². The fourth-order valence-electron chi connectivity index (χ4n) is 2.43.